The molecule has 0 unspecified atom stereocenters. The monoisotopic (exact) mass is 229 g/mol. The van der Waals surface area contributed by atoms with Gasteiger partial charge >= 0.3 is 0 Å². The molecule has 1 rings (SSSR count). The molecule has 0 spiro atoms. The van der Waals surface area contributed by atoms with Crippen LogP contribution in [0, 0.1) is 6.92 Å². The van der Waals surface area contributed by atoms with Crippen molar-refractivity contribution in [1.82, 2.24) is 9.97 Å². The van der Waals surface area contributed by atoms with Crippen LogP contribution in [0.3, 0.4) is 0 Å². The second-order valence-corrected chi connectivity index (χ2v) is 3.17. The van der Waals surface area contributed by atoms with Gasteiger partial charge in [-0.1, -0.05) is 0 Å². The summed E-state index contributed by atoms with van der Waals surface area (Å²) in [4.78, 5) is 19.2. The molecular formula is C9H12ClN3O2. The van der Waals surface area contributed by atoms with E-state index in [1.165, 1.54) is 0 Å². The van der Waals surface area contributed by atoms with Crippen LogP contribution in [0.25, 0.3) is 0 Å². The zero-order valence-corrected chi connectivity index (χ0v) is 9.34. The number of methoxy groups -OCH3 is 1. The van der Waals surface area contributed by atoms with Crippen LogP contribution in [0.5, 0.6) is 0 Å². The van der Waals surface area contributed by atoms with Crippen molar-refractivity contribution in [3.63, 3.8) is 0 Å². The Morgan fingerprint density at radius 3 is 2.93 bits per heavy atom. The summed E-state index contributed by atoms with van der Waals surface area (Å²) in [6.07, 6.45) is 1.54. The van der Waals surface area contributed by atoms with E-state index in [0.29, 0.717) is 23.8 Å². The zero-order chi connectivity index (χ0) is 11.3. The number of carbonyl (C=O) groups is 1. The van der Waals surface area contributed by atoms with Crippen LogP contribution < -0.4 is 5.32 Å². The van der Waals surface area contributed by atoms with E-state index in [9.17, 15) is 4.79 Å². The van der Waals surface area contributed by atoms with Gasteiger partial charge in [-0.15, -0.1) is 11.6 Å². The Kier molecular flexibility index (Phi) is 4.45. The van der Waals surface area contributed by atoms with Crippen LogP contribution in [0.2, 0.25) is 0 Å². The highest BCUT2D eigenvalue weighted by Gasteiger charge is 2.06. The summed E-state index contributed by atoms with van der Waals surface area (Å²) in [5.74, 6) is 0.223. The SMILES string of the molecule is COCc1ncc(NC(=O)CCl)c(C)n1. The molecule has 1 heterocycles. The van der Waals surface area contributed by atoms with Gasteiger partial charge in [-0.25, -0.2) is 9.97 Å². The van der Waals surface area contributed by atoms with Crippen molar-refractivity contribution in [3.8, 4) is 0 Å². The van der Waals surface area contributed by atoms with E-state index >= 15 is 0 Å². The number of ether oxygens (including phenoxy) is 1. The van der Waals surface area contributed by atoms with E-state index < -0.39 is 0 Å². The molecule has 0 saturated heterocycles. The zero-order valence-electron chi connectivity index (χ0n) is 8.58. The minimum absolute atomic E-state index is 0.0841. The number of nitrogens with one attached hydrogen (secondary N) is 1. The lowest BCUT2D eigenvalue weighted by molar-refractivity contribution is -0.113. The molecule has 0 aromatic carbocycles. The lowest BCUT2D eigenvalue weighted by atomic mass is 10.3. The number of anilines is 1. The van der Waals surface area contributed by atoms with Gasteiger partial charge in [0.2, 0.25) is 5.91 Å². The highest BCUT2D eigenvalue weighted by Crippen LogP contribution is 2.10. The third kappa shape index (κ3) is 3.45. The number of amides is 1. The molecule has 0 radical (unpaired) electrons. The predicted octanol–water partition coefficient (Wildman–Crippen LogP) is 1.11. The second-order valence-electron chi connectivity index (χ2n) is 2.90. The van der Waals surface area contributed by atoms with Crippen LogP contribution >= 0.6 is 11.6 Å². The molecule has 1 amide bonds. The summed E-state index contributed by atoms with van der Waals surface area (Å²) < 4.78 is 4.89. The first-order valence-electron chi connectivity index (χ1n) is 4.34. The van der Waals surface area contributed by atoms with Crippen molar-refractivity contribution < 1.29 is 9.53 Å². The Morgan fingerprint density at radius 1 is 1.67 bits per heavy atom. The fourth-order valence-corrected chi connectivity index (χ4v) is 1.09. The maximum absolute atomic E-state index is 11.0. The van der Waals surface area contributed by atoms with Gasteiger partial charge in [-0.3, -0.25) is 4.79 Å². The van der Waals surface area contributed by atoms with Crippen molar-refractivity contribution in [2.75, 3.05) is 18.3 Å². The molecule has 0 saturated carbocycles. The summed E-state index contributed by atoms with van der Waals surface area (Å²) >= 11 is 5.36. The summed E-state index contributed by atoms with van der Waals surface area (Å²) in [6, 6.07) is 0. The van der Waals surface area contributed by atoms with Gasteiger partial charge in [0, 0.05) is 7.11 Å². The average Bonchev–Trinajstić information content (AvgIpc) is 2.22. The van der Waals surface area contributed by atoms with Crippen LogP contribution in [0.1, 0.15) is 11.5 Å². The maximum Gasteiger partial charge on any atom is 0.239 e. The van der Waals surface area contributed by atoms with Crippen LogP contribution in [-0.4, -0.2) is 28.9 Å². The van der Waals surface area contributed by atoms with E-state index in [2.05, 4.69) is 15.3 Å². The molecule has 1 aromatic heterocycles. The number of aromatic nitrogens is 2. The molecule has 82 valence electrons. The van der Waals surface area contributed by atoms with Crippen molar-refractivity contribution in [2.24, 2.45) is 0 Å². The molecule has 15 heavy (non-hydrogen) atoms. The van der Waals surface area contributed by atoms with Gasteiger partial charge in [0.25, 0.3) is 0 Å². The van der Waals surface area contributed by atoms with Gasteiger partial charge < -0.3 is 10.1 Å². The summed E-state index contributed by atoms with van der Waals surface area (Å²) in [5.41, 5.74) is 1.26. The Morgan fingerprint density at radius 2 is 2.40 bits per heavy atom. The first-order chi connectivity index (χ1) is 7.17. The van der Waals surface area contributed by atoms with Gasteiger partial charge in [0.1, 0.15) is 12.5 Å². The van der Waals surface area contributed by atoms with Crippen molar-refractivity contribution in [2.45, 2.75) is 13.5 Å². The highest BCUT2D eigenvalue weighted by atomic mass is 35.5. The first kappa shape index (κ1) is 11.9. The Labute approximate surface area is 92.8 Å². The largest absolute Gasteiger partial charge is 0.377 e. The molecule has 1 N–H and O–H groups in total. The molecule has 0 atom stereocenters. The summed E-state index contributed by atoms with van der Waals surface area (Å²) in [5, 5.41) is 2.59. The van der Waals surface area contributed by atoms with E-state index in [-0.39, 0.29) is 11.8 Å². The average molecular weight is 230 g/mol. The van der Waals surface area contributed by atoms with Gasteiger partial charge in [0.05, 0.1) is 17.6 Å². The quantitative estimate of drug-likeness (QED) is 0.786. The van der Waals surface area contributed by atoms with Gasteiger partial charge in [-0.05, 0) is 6.92 Å². The molecule has 0 aliphatic carbocycles. The Bertz CT molecular complexity index is 357. The number of hydrogen-bond donors (Lipinski definition) is 1. The minimum Gasteiger partial charge on any atom is -0.377 e. The third-order valence-electron chi connectivity index (χ3n) is 1.70. The van der Waals surface area contributed by atoms with Crippen LogP contribution in [0.15, 0.2) is 6.20 Å². The number of hydrogen-bond acceptors (Lipinski definition) is 4. The highest BCUT2D eigenvalue weighted by molar-refractivity contribution is 6.29. The maximum atomic E-state index is 11.0. The summed E-state index contributed by atoms with van der Waals surface area (Å²) in [7, 11) is 1.57. The van der Waals surface area contributed by atoms with E-state index in [0.717, 1.165) is 0 Å². The smallest absolute Gasteiger partial charge is 0.239 e. The number of rotatable bonds is 4. The number of aryl methyl sites for hydroxylation is 1. The Balaban J connectivity index is 2.78. The number of carbonyl (C=O) groups excluding carboxylic acids is 1. The number of nitrogens with zero attached hydrogens (tertiary/aromatic N) is 2. The van der Waals surface area contributed by atoms with Crippen molar-refractivity contribution >= 4 is 23.2 Å². The molecule has 0 aliphatic heterocycles. The second kappa shape index (κ2) is 5.63. The topological polar surface area (TPSA) is 64.1 Å². The molecule has 1 aromatic rings. The van der Waals surface area contributed by atoms with Gasteiger partial charge in [0.15, 0.2) is 5.82 Å². The number of alkyl halides is 1. The fourth-order valence-electron chi connectivity index (χ4n) is 1.02. The predicted molar refractivity (Wildman–Crippen MR) is 56.8 cm³/mol. The van der Waals surface area contributed by atoms with Gasteiger partial charge in [-0.2, -0.15) is 0 Å². The van der Waals surface area contributed by atoms with Crippen LogP contribution in [0.4, 0.5) is 5.69 Å². The number of halogens is 1. The molecular weight excluding hydrogens is 218 g/mol. The normalized spacial score (nSPS) is 10.1. The molecule has 0 bridgehead atoms. The molecule has 0 fully saturated rings. The lowest BCUT2D eigenvalue weighted by Crippen LogP contribution is -2.14. The van der Waals surface area contributed by atoms with E-state index in [1.807, 2.05) is 0 Å². The standard InChI is InChI=1S/C9H12ClN3O2/c1-6-7(13-9(14)3-10)4-11-8(12-6)5-15-2/h4H,3,5H2,1-2H3,(H,13,14). The minimum atomic E-state index is -0.275. The van der Waals surface area contributed by atoms with E-state index in [1.54, 1.807) is 20.2 Å². The lowest BCUT2D eigenvalue weighted by Gasteiger charge is -2.06. The fraction of sp³-hybridized carbons (Fsp3) is 0.444. The van der Waals surface area contributed by atoms with Crippen LogP contribution in [-0.2, 0) is 16.1 Å². The van der Waals surface area contributed by atoms with Crippen molar-refractivity contribution in [1.29, 1.82) is 0 Å². The molecule has 0 aliphatic rings. The molecule has 6 heteroatoms. The third-order valence-corrected chi connectivity index (χ3v) is 1.94. The first-order valence-corrected chi connectivity index (χ1v) is 4.88. The Hall–Kier alpha value is -1.20. The molecule has 5 nitrogen and oxygen atoms in total. The van der Waals surface area contributed by atoms with E-state index in [4.69, 9.17) is 16.3 Å². The summed E-state index contributed by atoms with van der Waals surface area (Å²) in [6.45, 7) is 2.13. The van der Waals surface area contributed by atoms with Crippen molar-refractivity contribution in [3.05, 3.63) is 17.7 Å².